The first kappa shape index (κ1) is 19.5. The number of aryl methyl sites for hydroxylation is 1. The van der Waals surface area contributed by atoms with Crippen LogP contribution in [-0.2, 0) is 4.79 Å². The molecule has 2 rings (SSSR count). The molecular weight excluding hydrogens is 400 g/mol. The van der Waals surface area contributed by atoms with Crippen molar-refractivity contribution in [1.29, 1.82) is 0 Å². The Morgan fingerprint density at radius 2 is 1.85 bits per heavy atom. The number of hydrogen-bond donors (Lipinski definition) is 2. The van der Waals surface area contributed by atoms with Crippen molar-refractivity contribution in [3.63, 3.8) is 0 Å². The van der Waals surface area contributed by atoms with E-state index in [1.165, 1.54) is 0 Å². The number of amides is 2. The molecule has 7 heteroatoms. The maximum atomic E-state index is 12.0. The minimum absolute atomic E-state index is 0.226. The summed E-state index contributed by atoms with van der Waals surface area (Å²) in [7, 11) is 0. The number of hydrogen-bond acceptors (Lipinski definition) is 4. The van der Waals surface area contributed by atoms with E-state index in [0.29, 0.717) is 23.7 Å². The Labute approximate surface area is 160 Å². The van der Waals surface area contributed by atoms with Gasteiger partial charge in [-0.3, -0.25) is 20.4 Å². The zero-order chi connectivity index (χ0) is 18.9. The SMILES string of the molecule is C=CCOc1ccc(C(=O)NNC(=O)COc2ccc(C)cc2Br)cc1. The van der Waals surface area contributed by atoms with Crippen LogP contribution in [0.4, 0.5) is 0 Å². The van der Waals surface area contributed by atoms with Crippen molar-refractivity contribution < 1.29 is 19.1 Å². The van der Waals surface area contributed by atoms with Gasteiger partial charge in [0.2, 0.25) is 0 Å². The Hall–Kier alpha value is -2.80. The van der Waals surface area contributed by atoms with Crippen LogP contribution >= 0.6 is 15.9 Å². The highest BCUT2D eigenvalue weighted by Crippen LogP contribution is 2.25. The Morgan fingerprint density at radius 1 is 1.12 bits per heavy atom. The molecule has 0 aliphatic rings. The van der Waals surface area contributed by atoms with Crippen LogP contribution in [0.15, 0.2) is 59.6 Å². The minimum atomic E-state index is -0.475. The molecule has 0 saturated carbocycles. The summed E-state index contributed by atoms with van der Waals surface area (Å²) in [6, 6.07) is 12.1. The summed E-state index contributed by atoms with van der Waals surface area (Å²) in [4.78, 5) is 23.8. The molecule has 6 nitrogen and oxygen atoms in total. The predicted octanol–water partition coefficient (Wildman–Crippen LogP) is 3.16. The molecule has 0 atom stereocenters. The first-order valence-electron chi connectivity index (χ1n) is 7.81. The summed E-state index contributed by atoms with van der Waals surface area (Å²) in [6.07, 6.45) is 1.63. The molecule has 0 aliphatic carbocycles. The van der Waals surface area contributed by atoms with E-state index in [4.69, 9.17) is 9.47 Å². The van der Waals surface area contributed by atoms with Gasteiger partial charge in [0.05, 0.1) is 4.47 Å². The third kappa shape index (κ3) is 5.93. The lowest BCUT2D eigenvalue weighted by Gasteiger charge is -2.10. The van der Waals surface area contributed by atoms with Crippen LogP contribution in [0, 0.1) is 6.92 Å². The Morgan fingerprint density at radius 3 is 2.50 bits per heavy atom. The lowest BCUT2D eigenvalue weighted by Crippen LogP contribution is -2.43. The molecule has 0 heterocycles. The van der Waals surface area contributed by atoms with Crippen molar-refractivity contribution in [2.45, 2.75) is 6.92 Å². The fourth-order valence-corrected chi connectivity index (χ4v) is 2.57. The van der Waals surface area contributed by atoms with Crippen molar-refractivity contribution in [2.24, 2.45) is 0 Å². The van der Waals surface area contributed by atoms with Crippen molar-refractivity contribution >= 4 is 27.7 Å². The van der Waals surface area contributed by atoms with Crippen LogP contribution in [0.25, 0.3) is 0 Å². The molecule has 26 heavy (non-hydrogen) atoms. The van der Waals surface area contributed by atoms with E-state index < -0.39 is 11.8 Å². The molecule has 2 amide bonds. The summed E-state index contributed by atoms with van der Waals surface area (Å²) in [5.74, 6) is 0.261. The van der Waals surface area contributed by atoms with E-state index in [1.807, 2.05) is 19.1 Å². The van der Waals surface area contributed by atoms with Gasteiger partial charge in [-0.25, -0.2) is 0 Å². The van der Waals surface area contributed by atoms with E-state index in [2.05, 4.69) is 33.4 Å². The molecule has 0 aromatic heterocycles. The minimum Gasteiger partial charge on any atom is -0.490 e. The van der Waals surface area contributed by atoms with Gasteiger partial charge in [-0.05, 0) is 64.8 Å². The third-order valence-corrected chi connectivity index (χ3v) is 3.87. The van der Waals surface area contributed by atoms with Gasteiger partial charge < -0.3 is 9.47 Å². The fraction of sp³-hybridized carbons (Fsp3) is 0.158. The quantitative estimate of drug-likeness (QED) is 0.534. The number of ether oxygens (including phenoxy) is 2. The van der Waals surface area contributed by atoms with Crippen LogP contribution in [0.5, 0.6) is 11.5 Å². The second-order valence-corrected chi connectivity index (χ2v) is 6.20. The molecule has 0 saturated heterocycles. The van der Waals surface area contributed by atoms with E-state index in [9.17, 15) is 9.59 Å². The van der Waals surface area contributed by atoms with Crippen LogP contribution in [0.2, 0.25) is 0 Å². The van der Waals surface area contributed by atoms with Gasteiger partial charge in [-0.15, -0.1) is 0 Å². The van der Waals surface area contributed by atoms with Crippen molar-refractivity contribution in [3.8, 4) is 11.5 Å². The smallest absolute Gasteiger partial charge is 0.276 e. The average molecular weight is 419 g/mol. The van der Waals surface area contributed by atoms with Gasteiger partial charge in [-0.1, -0.05) is 18.7 Å². The fourth-order valence-electron chi connectivity index (χ4n) is 1.96. The van der Waals surface area contributed by atoms with E-state index in [-0.39, 0.29) is 6.61 Å². The monoisotopic (exact) mass is 418 g/mol. The zero-order valence-electron chi connectivity index (χ0n) is 14.3. The highest BCUT2D eigenvalue weighted by atomic mass is 79.9. The van der Waals surface area contributed by atoms with Gasteiger partial charge >= 0.3 is 0 Å². The molecule has 2 aromatic rings. The van der Waals surface area contributed by atoms with Crippen molar-refractivity contribution in [1.82, 2.24) is 10.9 Å². The van der Waals surface area contributed by atoms with Crippen LogP contribution < -0.4 is 20.3 Å². The molecule has 0 unspecified atom stereocenters. The highest BCUT2D eigenvalue weighted by molar-refractivity contribution is 9.10. The van der Waals surface area contributed by atoms with E-state index >= 15 is 0 Å². The molecule has 2 N–H and O–H groups in total. The molecular formula is C19H19BrN2O4. The molecule has 0 radical (unpaired) electrons. The number of hydrazine groups is 1. The van der Waals surface area contributed by atoms with E-state index in [0.717, 1.165) is 10.0 Å². The average Bonchev–Trinajstić information content (AvgIpc) is 2.64. The number of rotatable bonds is 7. The standard InChI is InChI=1S/C19H19BrN2O4/c1-3-10-25-15-7-5-14(6-8-15)19(24)22-21-18(23)12-26-17-9-4-13(2)11-16(17)20/h3-9,11H,1,10,12H2,2H3,(H,21,23)(H,22,24). The summed E-state index contributed by atoms with van der Waals surface area (Å²) in [5, 5.41) is 0. The maximum Gasteiger partial charge on any atom is 0.276 e. The summed E-state index contributed by atoms with van der Waals surface area (Å²) in [6.45, 7) is 5.68. The van der Waals surface area contributed by atoms with Gasteiger partial charge in [0.1, 0.15) is 18.1 Å². The molecule has 136 valence electrons. The highest BCUT2D eigenvalue weighted by Gasteiger charge is 2.09. The van der Waals surface area contributed by atoms with Crippen molar-refractivity contribution in [3.05, 3.63) is 70.7 Å². The molecule has 0 bridgehead atoms. The normalized spacial score (nSPS) is 9.92. The Balaban J connectivity index is 1.79. The predicted molar refractivity (Wildman–Crippen MR) is 102 cm³/mol. The second kappa shape index (κ2) is 9.62. The maximum absolute atomic E-state index is 12.0. The lowest BCUT2D eigenvalue weighted by molar-refractivity contribution is -0.123. The molecule has 0 aliphatic heterocycles. The topological polar surface area (TPSA) is 76.7 Å². The number of halogens is 1. The van der Waals surface area contributed by atoms with Crippen LogP contribution in [0.3, 0.4) is 0 Å². The number of nitrogens with one attached hydrogen (secondary N) is 2. The summed E-state index contributed by atoms with van der Waals surface area (Å²) >= 11 is 3.37. The van der Waals surface area contributed by atoms with E-state index in [1.54, 1.807) is 36.4 Å². The van der Waals surface area contributed by atoms with Crippen molar-refractivity contribution in [2.75, 3.05) is 13.2 Å². The number of carbonyl (C=O) groups is 2. The largest absolute Gasteiger partial charge is 0.490 e. The van der Waals surface area contributed by atoms with Gasteiger partial charge in [-0.2, -0.15) is 0 Å². The van der Waals surface area contributed by atoms with Gasteiger partial charge in [0.25, 0.3) is 11.8 Å². The second-order valence-electron chi connectivity index (χ2n) is 5.35. The number of benzene rings is 2. The van der Waals surface area contributed by atoms with Crippen LogP contribution in [0.1, 0.15) is 15.9 Å². The first-order valence-corrected chi connectivity index (χ1v) is 8.61. The first-order chi connectivity index (χ1) is 12.5. The van der Waals surface area contributed by atoms with Gasteiger partial charge in [0, 0.05) is 5.56 Å². The molecule has 0 spiro atoms. The zero-order valence-corrected chi connectivity index (χ0v) is 15.8. The third-order valence-electron chi connectivity index (χ3n) is 3.25. The summed E-state index contributed by atoms with van der Waals surface area (Å²) in [5.41, 5.74) is 6.10. The number of carbonyl (C=O) groups excluding carboxylic acids is 2. The molecule has 0 fully saturated rings. The summed E-state index contributed by atoms with van der Waals surface area (Å²) < 4.78 is 11.5. The Bertz CT molecular complexity index is 791. The van der Waals surface area contributed by atoms with Crippen LogP contribution in [-0.4, -0.2) is 25.0 Å². The Kier molecular flexibility index (Phi) is 7.23. The lowest BCUT2D eigenvalue weighted by atomic mass is 10.2. The van der Waals surface area contributed by atoms with Gasteiger partial charge in [0.15, 0.2) is 6.61 Å². The molecule has 2 aromatic carbocycles.